The second-order valence-electron chi connectivity index (χ2n) is 2.77. The minimum atomic E-state index is -3.38. The van der Waals surface area contributed by atoms with Crippen molar-refractivity contribution in [1.82, 2.24) is 0 Å². The summed E-state index contributed by atoms with van der Waals surface area (Å²) in [5.74, 6) is -3.73. The van der Waals surface area contributed by atoms with Crippen LogP contribution >= 0.6 is 0 Å². The van der Waals surface area contributed by atoms with Crippen LogP contribution in [0.4, 0.5) is 13.2 Å². The van der Waals surface area contributed by atoms with E-state index in [0.717, 1.165) is 6.26 Å². The molecule has 1 aromatic carbocycles. The lowest BCUT2D eigenvalue weighted by Crippen LogP contribution is -2.03. The molecule has 0 aliphatic heterocycles. The van der Waals surface area contributed by atoms with Gasteiger partial charge in [-0.1, -0.05) is 0 Å². The van der Waals surface area contributed by atoms with Gasteiger partial charge in [-0.25, -0.2) is 17.4 Å². The quantitative estimate of drug-likeness (QED) is 0.581. The van der Waals surface area contributed by atoms with Gasteiger partial charge in [0.05, 0.1) is 9.80 Å². The number of halogens is 3. The van der Waals surface area contributed by atoms with Crippen molar-refractivity contribution in [3.63, 3.8) is 0 Å². The van der Waals surface area contributed by atoms with Crippen LogP contribution in [0.3, 0.4) is 0 Å². The molecule has 0 aromatic heterocycles. The van der Waals surface area contributed by atoms with E-state index in [1.807, 2.05) is 0 Å². The third-order valence-electron chi connectivity index (χ3n) is 1.37. The Hall–Kier alpha value is -1.01. The average molecular weight is 224 g/mol. The maximum absolute atomic E-state index is 12.9. The van der Waals surface area contributed by atoms with Crippen molar-refractivity contribution in [3.8, 4) is 0 Å². The van der Waals surface area contributed by atoms with E-state index in [9.17, 15) is 17.4 Å². The zero-order chi connectivity index (χ0) is 10.9. The molecule has 0 heterocycles. The number of hydrogen-bond donors (Lipinski definition) is 1. The molecule has 0 radical (unpaired) electrons. The zero-order valence-electron chi connectivity index (χ0n) is 7.13. The smallest absolute Gasteiger partial charge is 0.166 e. The summed E-state index contributed by atoms with van der Waals surface area (Å²) in [4.78, 5) is 0. The van der Waals surface area contributed by atoms with E-state index < -0.39 is 32.8 Å². The lowest BCUT2D eigenvalue weighted by Gasteiger charge is -2.00. The summed E-state index contributed by atoms with van der Waals surface area (Å²) in [7, 11) is -3.38. The Morgan fingerprint density at radius 3 is 2.43 bits per heavy atom. The largest absolute Gasteiger partial charge is 0.314 e. The van der Waals surface area contributed by atoms with Crippen LogP contribution in [0.2, 0.25) is 0 Å². The number of hydrogen-bond acceptors (Lipinski definition) is 1. The molecule has 0 aliphatic carbocycles. The van der Waals surface area contributed by atoms with Gasteiger partial charge in [-0.2, -0.15) is 0 Å². The molecular formula is C8H7F3O2S. The lowest BCUT2D eigenvalue weighted by molar-refractivity contribution is 0.494. The highest BCUT2D eigenvalue weighted by Crippen LogP contribution is 2.12. The molecule has 78 valence electrons. The van der Waals surface area contributed by atoms with E-state index >= 15 is 0 Å². The molecule has 0 saturated carbocycles. The zero-order valence-corrected chi connectivity index (χ0v) is 7.95. The Kier molecular flexibility index (Phi) is 2.86. The molecule has 1 rings (SSSR count). The summed E-state index contributed by atoms with van der Waals surface area (Å²) >= 11 is 0. The van der Waals surface area contributed by atoms with E-state index in [1.54, 1.807) is 0 Å². The fraction of sp³-hybridized carbons (Fsp3) is 0.125. The van der Waals surface area contributed by atoms with Crippen LogP contribution in [0.5, 0.6) is 0 Å². The molecule has 0 amide bonds. The maximum Gasteiger partial charge on any atom is 0.166 e. The second kappa shape index (κ2) is 3.62. The van der Waals surface area contributed by atoms with Crippen LogP contribution in [0, 0.1) is 17.5 Å². The summed E-state index contributed by atoms with van der Waals surface area (Å²) in [6.07, 6.45) is 0.912. The monoisotopic (exact) mass is 224 g/mol. The van der Waals surface area contributed by atoms with Crippen molar-refractivity contribution in [2.45, 2.75) is 0 Å². The molecule has 1 N–H and O–H groups in total. The van der Waals surface area contributed by atoms with E-state index in [1.165, 1.54) is 0 Å². The second-order valence-corrected chi connectivity index (χ2v) is 4.73. The Morgan fingerprint density at radius 2 is 1.93 bits per heavy atom. The standard InChI is InChI=1S/C8H7F3O2S/c1-14(12,13)4-5-2-6(9)3-7(10)8(5)11/h2-4H,1H3,(H,12,13). The third kappa shape index (κ3) is 2.74. The molecule has 0 spiro atoms. The van der Waals surface area contributed by atoms with Crippen LogP contribution in [-0.4, -0.2) is 20.4 Å². The number of rotatable bonds is 1. The predicted octanol–water partition coefficient (Wildman–Crippen LogP) is 1.64. The molecular weight excluding hydrogens is 217 g/mol. The van der Waals surface area contributed by atoms with Gasteiger partial charge in [-0.05, 0) is 6.07 Å². The minimum Gasteiger partial charge on any atom is -0.314 e. The highest BCUT2D eigenvalue weighted by molar-refractivity contribution is 7.95. The highest BCUT2D eigenvalue weighted by Gasteiger charge is 2.10. The van der Waals surface area contributed by atoms with Crippen LogP contribution in [0.15, 0.2) is 12.1 Å². The van der Waals surface area contributed by atoms with E-state index in [4.69, 9.17) is 4.55 Å². The van der Waals surface area contributed by atoms with Gasteiger partial charge in [0.1, 0.15) is 5.82 Å². The molecule has 1 atom stereocenters. The van der Waals surface area contributed by atoms with Crippen LogP contribution < -0.4 is 0 Å². The first kappa shape index (κ1) is 11.1. The molecule has 0 aliphatic rings. The van der Waals surface area contributed by atoms with Gasteiger partial charge in [0.2, 0.25) is 0 Å². The molecule has 1 unspecified atom stereocenters. The van der Waals surface area contributed by atoms with E-state index in [0.29, 0.717) is 17.5 Å². The van der Waals surface area contributed by atoms with Gasteiger partial charge in [-0.3, -0.25) is 0 Å². The van der Waals surface area contributed by atoms with Gasteiger partial charge >= 0.3 is 0 Å². The topological polar surface area (TPSA) is 37.3 Å². The summed E-state index contributed by atoms with van der Waals surface area (Å²) in [5.41, 5.74) is -0.558. The molecule has 0 fully saturated rings. The van der Waals surface area contributed by atoms with Crippen molar-refractivity contribution < 1.29 is 21.9 Å². The molecule has 0 saturated heterocycles. The van der Waals surface area contributed by atoms with Crippen molar-refractivity contribution in [3.05, 3.63) is 35.1 Å². The Balaban J connectivity index is 3.44. The predicted molar refractivity (Wildman–Crippen MR) is 48.2 cm³/mol. The number of benzene rings is 1. The van der Waals surface area contributed by atoms with E-state index in [-0.39, 0.29) is 0 Å². The van der Waals surface area contributed by atoms with Crippen LogP contribution in [0.1, 0.15) is 5.56 Å². The molecule has 2 nitrogen and oxygen atoms in total. The third-order valence-corrected chi connectivity index (χ3v) is 2.06. The first-order valence-corrected chi connectivity index (χ1v) is 5.49. The van der Waals surface area contributed by atoms with Crippen LogP contribution in [0.25, 0.3) is 0 Å². The summed E-state index contributed by atoms with van der Waals surface area (Å²) in [5, 5.41) is 0.578. The van der Waals surface area contributed by atoms with Crippen molar-refractivity contribution in [1.29, 1.82) is 0 Å². The van der Waals surface area contributed by atoms with Crippen LogP contribution in [-0.2, 0) is 9.80 Å². The average Bonchev–Trinajstić information content (AvgIpc) is 1.96. The Labute approximate surface area is 79.2 Å². The van der Waals surface area contributed by atoms with Gasteiger partial charge in [0.25, 0.3) is 0 Å². The highest BCUT2D eigenvalue weighted by atomic mass is 32.2. The fourth-order valence-electron chi connectivity index (χ4n) is 0.897. The van der Waals surface area contributed by atoms with Crippen molar-refractivity contribution >= 4 is 15.2 Å². The maximum atomic E-state index is 12.9. The fourth-order valence-corrected chi connectivity index (χ4v) is 1.54. The van der Waals surface area contributed by atoms with Gasteiger partial charge in [0.15, 0.2) is 11.6 Å². The van der Waals surface area contributed by atoms with Gasteiger partial charge in [0, 0.05) is 23.3 Å². The molecule has 14 heavy (non-hydrogen) atoms. The van der Waals surface area contributed by atoms with Crippen molar-refractivity contribution in [2.24, 2.45) is 0 Å². The SMILES string of the molecule is CS(=O)(O)=Cc1cc(F)cc(F)c1F. The summed E-state index contributed by atoms with van der Waals surface area (Å²) < 4.78 is 57.7. The minimum absolute atomic E-state index is 0.363. The Bertz CT molecular complexity index is 468. The molecule has 1 aromatic rings. The first-order chi connectivity index (χ1) is 6.29. The molecule has 6 heteroatoms. The van der Waals surface area contributed by atoms with Crippen molar-refractivity contribution in [2.75, 3.05) is 6.26 Å². The van der Waals surface area contributed by atoms with Gasteiger partial charge < -0.3 is 4.55 Å². The van der Waals surface area contributed by atoms with Gasteiger partial charge in [-0.15, -0.1) is 0 Å². The normalized spacial score (nSPS) is 14.9. The van der Waals surface area contributed by atoms with E-state index in [2.05, 4.69) is 0 Å². The summed E-state index contributed by atoms with van der Waals surface area (Å²) in [6.45, 7) is 0. The first-order valence-electron chi connectivity index (χ1n) is 3.50. The Morgan fingerprint density at radius 1 is 1.36 bits per heavy atom. The molecule has 0 bridgehead atoms. The summed E-state index contributed by atoms with van der Waals surface area (Å²) in [6, 6.07) is 1.01. The lowest BCUT2D eigenvalue weighted by atomic mass is 10.2.